The van der Waals surface area contributed by atoms with Crippen molar-refractivity contribution in [2.45, 2.75) is 19.4 Å². The second kappa shape index (κ2) is 7.23. The summed E-state index contributed by atoms with van der Waals surface area (Å²) in [5.41, 5.74) is 11.8. The summed E-state index contributed by atoms with van der Waals surface area (Å²) in [6.45, 7) is 3.37. The predicted octanol–water partition coefficient (Wildman–Crippen LogP) is 3.34. The number of halogens is 1. The molecule has 0 amide bonds. The first-order chi connectivity index (χ1) is 14.4. The molecule has 0 aliphatic rings. The monoisotopic (exact) mass is 405 g/mol. The minimum atomic E-state index is -1.87. The van der Waals surface area contributed by atoms with Gasteiger partial charge in [0, 0.05) is 23.5 Å². The molecular weight excluding hydrogens is 385 g/mol. The number of nitrogen functional groups attached to an aromatic ring is 2. The number of benzene rings is 1. The summed E-state index contributed by atoms with van der Waals surface area (Å²) in [6.07, 6.45) is 3.09. The number of aryl methyl sites for hydroxylation is 2. The molecule has 4 rings (SSSR count). The van der Waals surface area contributed by atoms with Crippen molar-refractivity contribution >= 4 is 11.4 Å². The van der Waals surface area contributed by atoms with E-state index in [-0.39, 0.29) is 33.9 Å². The van der Waals surface area contributed by atoms with Crippen molar-refractivity contribution in [2.24, 2.45) is 0 Å². The van der Waals surface area contributed by atoms with E-state index in [1.54, 1.807) is 62.6 Å². The molecule has 5 N–H and O–H groups in total. The maximum atomic E-state index is 15.2. The summed E-state index contributed by atoms with van der Waals surface area (Å²) in [5, 5.41) is 15.9. The first-order valence-corrected chi connectivity index (χ1v) is 9.22. The van der Waals surface area contributed by atoms with Crippen molar-refractivity contribution in [1.82, 2.24) is 15.1 Å². The van der Waals surface area contributed by atoms with E-state index >= 15 is 4.39 Å². The van der Waals surface area contributed by atoms with Crippen LogP contribution in [0.25, 0.3) is 11.1 Å². The van der Waals surface area contributed by atoms with Crippen molar-refractivity contribution in [3.63, 3.8) is 0 Å². The van der Waals surface area contributed by atoms with Gasteiger partial charge < -0.3 is 21.1 Å². The SMILES string of the molecule is Cc1noc(C)c1-c1cc(C(O)(c2ccccn2)c2ccccn2)c(N)c(N)c1F. The Morgan fingerprint density at radius 1 is 0.967 bits per heavy atom. The van der Waals surface area contributed by atoms with Crippen molar-refractivity contribution < 1.29 is 14.0 Å². The van der Waals surface area contributed by atoms with Crippen LogP contribution in [0.15, 0.2) is 59.4 Å². The summed E-state index contributed by atoms with van der Waals surface area (Å²) >= 11 is 0. The Bertz CT molecular complexity index is 1150. The molecule has 0 unspecified atom stereocenters. The van der Waals surface area contributed by atoms with Gasteiger partial charge in [-0.25, -0.2) is 4.39 Å². The first-order valence-electron chi connectivity index (χ1n) is 9.22. The molecular formula is C22H20FN5O2. The van der Waals surface area contributed by atoms with Gasteiger partial charge in [0.25, 0.3) is 0 Å². The molecule has 3 heterocycles. The zero-order valence-electron chi connectivity index (χ0n) is 16.4. The van der Waals surface area contributed by atoms with E-state index in [1.807, 2.05) is 0 Å². The molecule has 0 aliphatic heterocycles. The topological polar surface area (TPSA) is 124 Å². The molecule has 0 saturated heterocycles. The highest BCUT2D eigenvalue weighted by molar-refractivity contribution is 5.82. The van der Waals surface area contributed by atoms with Gasteiger partial charge in [-0.3, -0.25) is 9.97 Å². The molecule has 0 fully saturated rings. The number of rotatable bonds is 4. The van der Waals surface area contributed by atoms with Gasteiger partial charge in [-0.1, -0.05) is 17.3 Å². The number of aliphatic hydroxyl groups is 1. The number of pyridine rings is 2. The smallest absolute Gasteiger partial charge is 0.176 e. The minimum Gasteiger partial charge on any atom is -0.397 e. The maximum absolute atomic E-state index is 15.2. The van der Waals surface area contributed by atoms with Crippen molar-refractivity contribution in [3.8, 4) is 11.1 Å². The van der Waals surface area contributed by atoms with E-state index < -0.39 is 11.4 Å². The largest absolute Gasteiger partial charge is 0.397 e. The van der Waals surface area contributed by atoms with Crippen LogP contribution in [0.2, 0.25) is 0 Å². The molecule has 0 spiro atoms. The second-order valence-electron chi connectivity index (χ2n) is 6.95. The zero-order valence-corrected chi connectivity index (χ0v) is 16.4. The fraction of sp³-hybridized carbons (Fsp3) is 0.136. The standard InChI is InChI=1S/C22H20FN5O2/c1-12-18(13(2)30-28-12)14-11-15(20(24)21(25)19(14)23)22(29,16-7-3-5-9-26-16)17-8-4-6-10-27-17/h3-11,29H,24-25H2,1-2H3. The molecule has 8 heteroatoms. The highest BCUT2D eigenvalue weighted by atomic mass is 19.1. The van der Waals surface area contributed by atoms with E-state index in [2.05, 4.69) is 15.1 Å². The van der Waals surface area contributed by atoms with Gasteiger partial charge in [-0.05, 0) is 44.2 Å². The fourth-order valence-electron chi connectivity index (χ4n) is 3.60. The van der Waals surface area contributed by atoms with Crippen LogP contribution in [0.4, 0.5) is 15.8 Å². The van der Waals surface area contributed by atoms with Crippen LogP contribution in [-0.4, -0.2) is 20.2 Å². The van der Waals surface area contributed by atoms with Crippen molar-refractivity contribution in [3.05, 3.63) is 89.1 Å². The lowest BCUT2D eigenvalue weighted by Gasteiger charge is -2.30. The molecule has 30 heavy (non-hydrogen) atoms. The summed E-state index contributed by atoms with van der Waals surface area (Å²) in [7, 11) is 0. The molecule has 4 aromatic rings. The van der Waals surface area contributed by atoms with Gasteiger partial charge in [0.1, 0.15) is 5.76 Å². The molecule has 152 valence electrons. The molecule has 0 saturated carbocycles. The number of nitrogens with zero attached hydrogens (tertiary/aromatic N) is 3. The van der Waals surface area contributed by atoms with Gasteiger partial charge in [0.2, 0.25) is 0 Å². The Morgan fingerprint density at radius 2 is 1.57 bits per heavy atom. The van der Waals surface area contributed by atoms with Crippen molar-refractivity contribution in [2.75, 3.05) is 11.5 Å². The zero-order chi connectivity index (χ0) is 21.5. The van der Waals surface area contributed by atoms with Crippen LogP contribution in [0.1, 0.15) is 28.4 Å². The van der Waals surface area contributed by atoms with E-state index in [0.29, 0.717) is 17.0 Å². The average Bonchev–Trinajstić information content (AvgIpc) is 3.11. The van der Waals surface area contributed by atoms with Gasteiger partial charge in [-0.2, -0.15) is 0 Å². The minimum absolute atomic E-state index is 0.0955. The number of hydrogen-bond donors (Lipinski definition) is 3. The van der Waals surface area contributed by atoms with Crippen LogP contribution in [-0.2, 0) is 5.60 Å². The molecule has 0 radical (unpaired) electrons. The summed E-state index contributed by atoms with van der Waals surface area (Å²) in [6, 6.07) is 11.6. The van der Waals surface area contributed by atoms with E-state index in [0.717, 1.165) is 0 Å². The molecule has 0 aliphatic carbocycles. The van der Waals surface area contributed by atoms with Gasteiger partial charge in [0.05, 0.1) is 34.0 Å². The highest BCUT2D eigenvalue weighted by Crippen LogP contribution is 2.44. The third-order valence-electron chi connectivity index (χ3n) is 5.11. The lowest BCUT2D eigenvalue weighted by atomic mass is 9.83. The number of aromatic nitrogens is 3. The second-order valence-corrected chi connectivity index (χ2v) is 6.95. The van der Waals surface area contributed by atoms with Crippen LogP contribution in [0, 0.1) is 19.7 Å². The molecule has 7 nitrogen and oxygen atoms in total. The summed E-state index contributed by atoms with van der Waals surface area (Å²) < 4.78 is 20.4. The molecule has 1 aromatic carbocycles. The average molecular weight is 405 g/mol. The van der Waals surface area contributed by atoms with Crippen LogP contribution in [0.5, 0.6) is 0 Å². The predicted molar refractivity (Wildman–Crippen MR) is 111 cm³/mol. The number of anilines is 2. The third kappa shape index (κ3) is 2.89. The van der Waals surface area contributed by atoms with Crippen LogP contribution < -0.4 is 11.5 Å². The van der Waals surface area contributed by atoms with Crippen LogP contribution >= 0.6 is 0 Å². The Labute approximate surface area is 172 Å². The highest BCUT2D eigenvalue weighted by Gasteiger charge is 2.40. The number of nitrogens with two attached hydrogens (primary N) is 2. The Morgan fingerprint density at radius 3 is 2.03 bits per heavy atom. The summed E-state index contributed by atoms with van der Waals surface area (Å²) in [5.74, 6) is -0.296. The Balaban J connectivity index is 2.08. The van der Waals surface area contributed by atoms with Gasteiger partial charge >= 0.3 is 0 Å². The first kappa shape index (κ1) is 19.5. The lowest BCUT2D eigenvalue weighted by Crippen LogP contribution is -2.32. The summed E-state index contributed by atoms with van der Waals surface area (Å²) in [4.78, 5) is 8.63. The third-order valence-corrected chi connectivity index (χ3v) is 5.11. The molecule has 0 bridgehead atoms. The van der Waals surface area contributed by atoms with Crippen molar-refractivity contribution in [1.29, 1.82) is 0 Å². The Hall–Kier alpha value is -3.78. The van der Waals surface area contributed by atoms with Crippen LogP contribution in [0.3, 0.4) is 0 Å². The maximum Gasteiger partial charge on any atom is 0.176 e. The lowest BCUT2D eigenvalue weighted by molar-refractivity contribution is 0.117. The number of hydrogen-bond acceptors (Lipinski definition) is 7. The quantitative estimate of drug-likeness (QED) is 0.445. The van der Waals surface area contributed by atoms with Gasteiger partial charge in [0.15, 0.2) is 11.4 Å². The molecule has 3 aromatic heterocycles. The normalized spacial score (nSPS) is 11.6. The van der Waals surface area contributed by atoms with E-state index in [1.165, 1.54) is 6.07 Å². The fourth-order valence-corrected chi connectivity index (χ4v) is 3.60. The van der Waals surface area contributed by atoms with E-state index in [9.17, 15) is 5.11 Å². The molecule has 0 atom stereocenters. The van der Waals surface area contributed by atoms with Gasteiger partial charge in [-0.15, -0.1) is 0 Å². The van der Waals surface area contributed by atoms with E-state index in [4.69, 9.17) is 16.0 Å². The Kier molecular flexibility index (Phi) is 4.71.